The molecule has 5 fully saturated rings. The van der Waals surface area contributed by atoms with Crippen molar-refractivity contribution >= 4 is 28.0 Å². The minimum atomic E-state index is -0.699. The maximum absolute atomic E-state index is 14.6. The first kappa shape index (κ1) is 30.6. The van der Waals surface area contributed by atoms with Gasteiger partial charge in [-0.25, -0.2) is 4.39 Å². The van der Waals surface area contributed by atoms with Crippen LogP contribution in [0.3, 0.4) is 0 Å². The van der Waals surface area contributed by atoms with Gasteiger partial charge in [-0.3, -0.25) is 4.79 Å². The molecule has 1 aromatic rings. The number of aliphatic hydroxyl groups excluding tert-OH is 1. The smallest absolute Gasteiger partial charge is 0.309 e. The van der Waals surface area contributed by atoms with Crippen molar-refractivity contribution in [3.05, 3.63) is 52.3 Å². The van der Waals surface area contributed by atoms with Crippen molar-refractivity contribution in [1.82, 2.24) is 0 Å². The van der Waals surface area contributed by atoms with Crippen molar-refractivity contribution in [2.75, 3.05) is 0 Å². The van der Waals surface area contributed by atoms with Gasteiger partial charge in [0.05, 0.1) is 11.5 Å². The lowest BCUT2D eigenvalue weighted by Gasteiger charge is -2.72. The first-order valence-corrected chi connectivity index (χ1v) is 17.1. The van der Waals surface area contributed by atoms with Crippen molar-refractivity contribution in [3.63, 3.8) is 0 Å². The molecule has 10 atom stereocenters. The molecular weight excluding hydrogens is 591 g/mol. The number of carbonyl (C=O) groups is 1. The second-order valence-corrected chi connectivity index (χ2v) is 17.2. The highest BCUT2D eigenvalue weighted by molar-refractivity contribution is 9.10. The second kappa shape index (κ2) is 10.0. The quantitative estimate of drug-likeness (QED) is 0.322. The molecule has 42 heavy (non-hydrogen) atoms. The summed E-state index contributed by atoms with van der Waals surface area (Å²) in [6, 6.07) is 5.08. The minimum absolute atomic E-state index is 0.0496. The summed E-state index contributed by atoms with van der Waals surface area (Å²) in [5, 5.41) is 21.8. The van der Waals surface area contributed by atoms with Crippen LogP contribution < -0.4 is 0 Å². The van der Waals surface area contributed by atoms with Gasteiger partial charge >= 0.3 is 5.97 Å². The highest BCUT2D eigenvalue weighted by Gasteiger charge is 2.72. The predicted molar refractivity (Wildman–Crippen MR) is 170 cm³/mol. The van der Waals surface area contributed by atoms with E-state index in [0.29, 0.717) is 34.2 Å². The van der Waals surface area contributed by atoms with Gasteiger partial charge in [-0.2, -0.15) is 0 Å². The van der Waals surface area contributed by atoms with Gasteiger partial charge in [0.15, 0.2) is 0 Å². The van der Waals surface area contributed by atoms with E-state index in [2.05, 4.69) is 57.1 Å². The Balaban J connectivity index is 1.35. The van der Waals surface area contributed by atoms with Gasteiger partial charge in [-0.1, -0.05) is 80.9 Å². The standard InChI is InChI=1S/C37H50BrFO3/c1-22(7-8-23-9-10-24(38)21-27(23)39)25-13-18-37(32(41)42)20-19-35(5)26(31(25)37)11-12-29-34(4)16-15-30(40)33(2,3)28(34)14-17-36(29,35)6/h7-10,21,25-26,28-31,40H,1,11-20H2,2-6H3,(H,41,42)/b8-7+/t25-,26+,28-,29+,30-,31+,34-,35+,36+,37-/m0/s1. The molecule has 6 rings (SSSR count). The Morgan fingerprint density at radius 1 is 0.952 bits per heavy atom. The second-order valence-electron chi connectivity index (χ2n) is 16.3. The third kappa shape index (κ3) is 4.07. The van der Waals surface area contributed by atoms with Crippen LogP contribution in [0.5, 0.6) is 0 Å². The number of fused-ring (bicyclic) bond motifs is 7. The Morgan fingerprint density at radius 3 is 2.38 bits per heavy atom. The number of carboxylic acid groups (broad SMARTS) is 1. The lowest BCUT2D eigenvalue weighted by Crippen LogP contribution is -2.67. The number of aliphatic hydroxyl groups is 1. The molecule has 1 aromatic carbocycles. The SMILES string of the molecule is C=C(/C=C/c1ccc(Br)cc1F)[C@@H]1CC[C@]2(C(=O)O)CC[C@]3(C)[C@H](CC[C@@H]4[C@@]5(C)CC[C@H](O)C(C)(C)[C@@H]5CC[C@]43C)[C@@H]12. The molecule has 230 valence electrons. The van der Waals surface area contributed by atoms with E-state index >= 15 is 0 Å². The minimum Gasteiger partial charge on any atom is -0.481 e. The maximum atomic E-state index is 14.6. The third-order valence-electron chi connectivity index (χ3n) is 14.8. The zero-order chi connectivity index (χ0) is 30.5. The fourth-order valence-corrected chi connectivity index (χ4v) is 12.7. The number of hydrogen-bond acceptors (Lipinski definition) is 2. The van der Waals surface area contributed by atoms with Crippen LogP contribution in [-0.4, -0.2) is 22.3 Å². The fraction of sp³-hybridized carbons (Fsp3) is 0.703. The van der Waals surface area contributed by atoms with E-state index in [1.807, 2.05) is 18.2 Å². The molecule has 0 spiro atoms. The predicted octanol–water partition coefficient (Wildman–Crippen LogP) is 9.68. The van der Waals surface area contributed by atoms with Crippen LogP contribution in [-0.2, 0) is 4.79 Å². The van der Waals surface area contributed by atoms with Crippen molar-refractivity contribution in [2.45, 2.75) is 105 Å². The lowest BCUT2D eigenvalue weighted by molar-refractivity contribution is -0.248. The Hall–Kier alpha value is -1.46. The molecular formula is C37H50BrFO3. The van der Waals surface area contributed by atoms with E-state index in [0.717, 1.165) is 63.4 Å². The zero-order valence-corrected chi connectivity index (χ0v) is 27.8. The van der Waals surface area contributed by atoms with Gasteiger partial charge in [0.2, 0.25) is 0 Å². The van der Waals surface area contributed by atoms with Gasteiger partial charge in [0.25, 0.3) is 0 Å². The highest BCUT2D eigenvalue weighted by atomic mass is 79.9. The molecule has 3 nitrogen and oxygen atoms in total. The average Bonchev–Trinajstić information content (AvgIpc) is 3.32. The highest BCUT2D eigenvalue weighted by Crippen LogP contribution is 2.77. The number of hydrogen-bond donors (Lipinski definition) is 2. The summed E-state index contributed by atoms with van der Waals surface area (Å²) in [6.07, 6.45) is 13.2. The van der Waals surface area contributed by atoms with Crippen LogP contribution in [0.2, 0.25) is 0 Å². The van der Waals surface area contributed by atoms with Crippen LogP contribution in [0.15, 0.2) is 40.9 Å². The van der Waals surface area contributed by atoms with Crippen molar-refractivity contribution in [1.29, 1.82) is 0 Å². The van der Waals surface area contributed by atoms with E-state index in [9.17, 15) is 19.4 Å². The first-order chi connectivity index (χ1) is 19.6. The third-order valence-corrected chi connectivity index (χ3v) is 15.2. The van der Waals surface area contributed by atoms with Crippen molar-refractivity contribution < 1.29 is 19.4 Å². The molecule has 5 aliphatic rings. The molecule has 0 heterocycles. The van der Waals surface area contributed by atoms with Crippen LogP contribution in [0.25, 0.3) is 6.08 Å². The molecule has 2 N–H and O–H groups in total. The van der Waals surface area contributed by atoms with Gasteiger partial charge in [-0.15, -0.1) is 0 Å². The number of aliphatic carboxylic acids is 1. The van der Waals surface area contributed by atoms with Crippen LogP contribution >= 0.6 is 15.9 Å². The van der Waals surface area contributed by atoms with Crippen molar-refractivity contribution in [3.8, 4) is 0 Å². The normalized spacial score (nSPS) is 45.9. The van der Waals surface area contributed by atoms with Gasteiger partial charge in [-0.05, 0) is 128 Å². The molecule has 0 aliphatic heterocycles. The molecule has 0 amide bonds. The van der Waals surface area contributed by atoms with E-state index in [4.69, 9.17) is 0 Å². The number of benzene rings is 1. The summed E-state index contributed by atoms with van der Waals surface area (Å²) in [7, 11) is 0. The molecule has 5 saturated carbocycles. The Bertz CT molecular complexity index is 1320. The molecule has 5 aliphatic carbocycles. The van der Waals surface area contributed by atoms with Crippen molar-refractivity contribution in [2.24, 2.45) is 56.7 Å². The number of rotatable bonds is 4. The number of allylic oxidation sites excluding steroid dienone is 2. The summed E-state index contributed by atoms with van der Waals surface area (Å²) in [5.74, 6) is 0.657. The fourth-order valence-electron chi connectivity index (χ4n) is 12.3. The zero-order valence-electron chi connectivity index (χ0n) is 26.2. The van der Waals surface area contributed by atoms with Gasteiger partial charge in [0, 0.05) is 10.0 Å². The summed E-state index contributed by atoms with van der Waals surface area (Å²) in [6.45, 7) is 16.7. The molecule has 0 radical (unpaired) electrons. The molecule has 0 saturated heterocycles. The lowest BCUT2D eigenvalue weighted by atomic mass is 9.32. The van der Waals surface area contributed by atoms with E-state index in [1.165, 1.54) is 6.07 Å². The monoisotopic (exact) mass is 640 g/mol. The Kier molecular flexibility index (Phi) is 7.29. The summed E-state index contributed by atoms with van der Waals surface area (Å²) in [4.78, 5) is 13.1. The Morgan fingerprint density at radius 2 is 1.69 bits per heavy atom. The van der Waals surface area contributed by atoms with E-state index in [1.54, 1.807) is 6.07 Å². The molecule has 0 aromatic heterocycles. The van der Waals surface area contributed by atoms with Crippen LogP contribution in [0.1, 0.15) is 104 Å². The van der Waals surface area contributed by atoms with Crippen LogP contribution in [0.4, 0.5) is 4.39 Å². The maximum Gasteiger partial charge on any atom is 0.309 e. The number of carboxylic acids is 1. The topological polar surface area (TPSA) is 57.5 Å². The molecule has 0 bridgehead atoms. The number of halogens is 2. The Labute approximate surface area is 260 Å². The largest absolute Gasteiger partial charge is 0.481 e. The summed E-state index contributed by atoms with van der Waals surface area (Å²) >= 11 is 3.34. The van der Waals surface area contributed by atoms with Crippen LogP contribution in [0, 0.1) is 62.5 Å². The van der Waals surface area contributed by atoms with Gasteiger partial charge in [0.1, 0.15) is 5.82 Å². The van der Waals surface area contributed by atoms with E-state index < -0.39 is 11.4 Å². The summed E-state index contributed by atoms with van der Waals surface area (Å²) < 4.78 is 15.3. The van der Waals surface area contributed by atoms with Gasteiger partial charge < -0.3 is 10.2 Å². The first-order valence-electron chi connectivity index (χ1n) is 16.4. The summed E-state index contributed by atoms with van der Waals surface area (Å²) in [5.41, 5.74) is 1.07. The average molecular weight is 642 g/mol. The molecule has 0 unspecified atom stereocenters. The van der Waals surface area contributed by atoms with E-state index in [-0.39, 0.29) is 45.4 Å². The molecule has 5 heteroatoms.